The lowest BCUT2D eigenvalue weighted by molar-refractivity contribution is -0.122. The van der Waals surface area contributed by atoms with Gasteiger partial charge in [-0.15, -0.1) is 0 Å². The fraction of sp³-hybridized carbons (Fsp3) is 0.727. The van der Waals surface area contributed by atoms with E-state index in [9.17, 15) is 4.79 Å². The summed E-state index contributed by atoms with van der Waals surface area (Å²) in [5.41, 5.74) is 1.36. The number of nitrogens with one attached hydrogen (secondary N) is 1. The molecule has 0 radical (unpaired) electrons. The zero-order valence-electron chi connectivity index (χ0n) is 18.1. The van der Waals surface area contributed by atoms with E-state index in [0.29, 0.717) is 17.6 Å². The van der Waals surface area contributed by atoms with E-state index in [-0.39, 0.29) is 17.7 Å². The molecule has 3 saturated heterocycles. The average molecular weight is 446 g/mol. The molecule has 0 saturated carbocycles. The maximum atomic E-state index is 12.8. The third-order valence-corrected chi connectivity index (χ3v) is 7.35. The minimum Gasteiger partial charge on any atom is -0.355 e. The van der Waals surface area contributed by atoms with Gasteiger partial charge in [-0.25, -0.2) is 4.98 Å². The molecule has 0 aromatic carbocycles. The number of amides is 1. The van der Waals surface area contributed by atoms with Crippen molar-refractivity contribution in [3.8, 4) is 0 Å². The number of piperidine rings is 3. The minimum absolute atomic E-state index is 0.00138. The van der Waals surface area contributed by atoms with E-state index >= 15 is 0 Å². The molecule has 0 bridgehead atoms. The van der Waals surface area contributed by atoms with E-state index in [4.69, 9.17) is 11.6 Å². The number of carbonyl (C=O) groups excluding carboxylic acids is 1. The van der Waals surface area contributed by atoms with Crippen LogP contribution in [0.3, 0.4) is 0 Å². The topological polar surface area (TPSA) is 79.2 Å². The number of rotatable bonds is 5. The molecule has 3 aliphatic heterocycles. The molecule has 2 unspecified atom stereocenters. The van der Waals surface area contributed by atoms with Crippen molar-refractivity contribution in [2.75, 3.05) is 37.6 Å². The van der Waals surface area contributed by atoms with Crippen LogP contribution >= 0.6 is 11.6 Å². The van der Waals surface area contributed by atoms with Gasteiger partial charge in [0.2, 0.25) is 11.2 Å². The molecule has 168 valence electrons. The van der Waals surface area contributed by atoms with Gasteiger partial charge in [0.15, 0.2) is 17.0 Å². The van der Waals surface area contributed by atoms with Gasteiger partial charge in [-0.2, -0.15) is 9.97 Å². The van der Waals surface area contributed by atoms with Gasteiger partial charge >= 0.3 is 0 Å². The average Bonchev–Trinajstić information content (AvgIpc) is 3.20. The normalized spacial score (nSPS) is 24.9. The molecule has 0 spiro atoms. The second-order valence-electron chi connectivity index (χ2n) is 9.21. The molecule has 5 rings (SSSR count). The van der Waals surface area contributed by atoms with Crippen LogP contribution in [0.2, 0.25) is 5.28 Å². The van der Waals surface area contributed by atoms with Crippen molar-refractivity contribution in [2.24, 2.45) is 5.92 Å². The smallest absolute Gasteiger partial charge is 0.240 e. The maximum Gasteiger partial charge on any atom is 0.240 e. The number of hydrogen-bond donors (Lipinski definition) is 1. The first-order chi connectivity index (χ1) is 15.2. The van der Waals surface area contributed by atoms with Gasteiger partial charge < -0.3 is 19.7 Å². The van der Waals surface area contributed by atoms with Crippen LogP contribution in [0.15, 0.2) is 6.33 Å². The number of halogens is 1. The third kappa shape index (κ3) is 4.51. The predicted octanol–water partition coefficient (Wildman–Crippen LogP) is 2.85. The van der Waals surface area contributed by atoms with Gasteiger partial charge in [-0.3, -0.25) is 4.79 Å². The van der Waals surface area contributed by atoms with E-state index in [2.05, 4.69) is 30.1 Å². The lowest BCUT2D eigenvalue weighted by Crippen LogP contribution is -2.51. The predicted molar refractivity (Wildman–Crippen MR) is 121 cm³/mol. The summed E-state index contributed by atoms with van der Waals surface area (Å²) < 4.78 is 1.79. The van der Waals surface area contributed by atoms with Crippen molar-refractivity contribution >= 4 is 34.5 Å². The van der Waals surface area contributed by atoms with Crippen molar-refractivity contribution in [1.29, 1.82) is 0 Å². The molecule has 8 nitrogen and oxygen atoms in total. The Morgan fingerprint density at radius 3 is 2.71 bits per heavy atom. The van der Waals surface area contributed by atoms with Gasteiger partial charge in [-0.05, 0) is 75.6 Å². The molecule has 3 aliphatic rings. The molecule has 1 N–H and O–H groups in total. The number of carbonyl (C=O) groups is 1. The van der Waals surface area contributed by atoms with Crippen molar-refractivity contribution in [2.45, 2.75) is 64.0 Å². The van der Waals surface area contributed by atoms with Crippen LogP contribution in [0.4, 0.5) is 5.82 Å². The summed E-state index contributed by atoms with van der Waals surface area (Å²) in [5.74, 6) is 1.34. The van der Waals surface area contributed by atoms with Gasteiger partial charge in [0.1, 0.15) is 6.54 Å². The Bertz CT molecular complexity index is 924. The molecule has 0 aliphatic carbocycles. The zero-order chi connectivity index (χ0) is 21.2. The highest BCUT2D eigenvalue weighted by Crippen LogP contribution is 2.30. The van der Waals surface area contributed by atoms with Crippen LogP contribution in [0, 0.1) is 5.92 Å². The fourth-order valence-electron chi connectivity index (χ4n) is 5.62. The van der Waals surface area contributed by atoms with E-state index in [1.54, 1.807) is 10.9 Å². The summed E-state index contributed by atoms with van der Waals surface area (Å²) in [6, 6.07) is 0.635. The SMILES string of the molecule is O=C(Cn1cnc2c(N3CCCCC3)nc(Cl)nc21)NCC1CCCN2CCCCC12. The van der Waals surface area contributed by atoms with E-state index in [1.165, 1.54) is 51.6 Å². The van der Waals surface area contributed by atoms with Crippen molar-refractivity contribution in [1.82, 2.24) is 29.7 Å². The van der Waals surface area contributed by atoms with Crippen LogP contribution in [0.5, 0.6) is 0 Å². The van der Waals surface area contributed by atoms with E-state index in [0.717, 1.165) is 43.8 Å². The summed E-state index contributed by atoms with van der Waals surface area (Å²) in [5, 5.41) is 3.38. The standard InChI is InChI=1S/C22H32ClN7O/c23-22-26-20(29-10-3-1-4-11-29)19-21(27-22)30(15-25-19)14-18(31)24-13-16-7-6-12-28-9-5-2-8-17(16)28/h15-17H,1-14H2,(H,24,31). The highest BCUT2D eigenvalue weighted by atomic mass is 35.5. The number of imidazole rings is 1. The monoisotopic (exact) mass is 445 g/mol. The van der Waals surface area contributed by atoms with E-state index in [1.807, 2.05) is 0 Å². The largest absolute Gasteiger partial charge is 0.355 e. The van der Waals surface area contributed by atoms with Gasteiger partial charge in [-0.1, -0.05) is 6.42 Å². The number of anilines is 1. The maximum absolute atomic E-state index is 12.8. The Morgan fingerprint density at radius 1 is 1.03 bits per heavy atom. The van der Waals surface area contributed by atoms with Crippen LogP contribution < -0.4 is 10.2 Å². The number of aromatic nitrogens is 4. The van der Waals surface area contributed by atoms with Gasteiger partial charge in [0.05, 0.1) is 6.33 Å². The zero-order valence-corrected chi connectivity index (χ0v) is 18.9. The Labute approximate surface area is 188 Å². The summed E-state index contributed by atoms with van der Waals surface area (Å²) in [6.45, 7) is 5.29. The Hall–Kier alpha value is -1.93. The van der Waals surface area contributed by atoms with Crippen LogP contribution in [0.25, 0.3) is 11.2 Å². The molecular weight excluding hydrogens is 414 g/mol. The van der Waals surface area contributed by atoms with Crippen LogP contribution in [-0.4, -0.2) is 69.1 Å². The number of nitrogens with zero attached hydrogens (tertiary/aromatic N) is 6. The molecule has 5 heterocycles. The molecule has 9 heteroatoms. The lowest BCUT2D eigenvalue weighted by Gasteiger charge is -2.44. The first-order valence-electron chi connectivity index (χ1n) is 11.8. The molecule has 2 aromatic heterocycles. The molecule has 2 atom stereocenters. The van der Waals surface area contributed by atoms with Gasteiger partial charge in [0, 0.05) is 25.7 Å². The van der Waals surface area contributed by atoms with E-state index < -0.39 is 0 Å². The lowest BCUT2D eigenvalue weighted by atomic mass is 9.83. The second-order valence-corrected chi connectivity index (χ2v) is 9.55. The fourth-order valence-corrected chi connectivity index (χ4v) is 5.78. The molecule has 2 aromatic rings. The summed E-state index contributed by atoms with van der Waals surface area (Å²) in [7, 11) is 0. The Balaban J connectivity index is 1.26. The third-order valence-electron chi connectivity index (χ3n) is 7.18. The van der Waals surface area contributed by atoms with Crippen molar-refractivity contribution in [3.63, 3.8) is 0 Å². The van der Waals surface area contributed by atoms with Gasteiger partial charge in [0.25, 0.3) is 0 Å². The number of fused-ring (bicyclic) bond motifs is 2. The minimum atomic E-state index is 0.00138. The molecule has 31 heavy (non-hydrogen) atoms. The second kappa shape index (κ2) is 9.28. The number of hydrogen-bond acceptors (Lipinski definition) is 6. The highest BCUT2D eigenvalue weighted by molar-refractivity contribution is 6.28. The van der Waals surface area contributed by atoms with Crippen molar-refractivity contribution < 1.29 is 4.79 Å². The Morgan fingerprint density at radius 2 is 1.84 bits per heavy atom. The van der Waals surface area contributed by atoms with Crippen LogP contribution in [0.1, 0.15) is 51.4 Å². The Kier molecular flexibility index (Phi) is 6.27. The summed E-state index contributed by atoms with van der Waals surface area (Å²) >= 11 is 6.24. The first kappa shape index (κ1) is 20.9. The molecular formula is C22H32ClN7O. The molecule has 3 fully saturated rings. The highest BCUT2D eigenvalue weighted by Gasteiger charge is 2.33. The summed E-state index contributed by atoms with van der Waals surface area (Å²) in [6.07, 6.45) is 11.5. The molecule has 1 amide bonds. The first-order valence-corrected chi connectivity index (χ1v) is 12.2. The van der Waals surface area contributed by atoms with Crippen LogP contribution in [-0.2, 0) is 11.3 Å². The quantitative estimate of drug-likeness (QED) is 0.713. The summed E-state index contributed by atoms with van der Waals surface area (Å²) in [4.78, 5) is 31.0. The van der Waals surface area contributed by atoms with Crippen molar-refractivity contribution in [3.05, 3.63) is 11.6 Å².